The molecule has 0 aliphatic carbocycles. The SMILES string of the molecule is CNC(=O)CCN(C)CCC1CCNCC1. The highest BCUT2D eigenvalue weighted by Crippen LogP contribution is 2.15. The molecule has 1 aliphatic rings. The van der Waals surface area contributed by atoms with Crippen LogP contribution in [0.1, 0.15) is 25.7 Å². The quantitative estimate of drug-likeness (QED) is 0.692. The molecule has 0 saturated carbocycles. The van der Waals surface area contributed by atoms with E-state index in [1.54, 1.807) is 7.05 Å². The summed E-state index contributed by atoms with van der Waals surface area (Å²) in [5.74, 6) is 1.01. The van der Waals surface area contributed by atoms with Gasteiger partial charge in [-0.05, 0) is 51.9 Å². The number of rotatable bonds is 6. The minimum absolute atomic E-state index is 0.133. The third-order valence-electron chi connectivity index (χ3n) is 3.38. The summed E-state index contributed by atoms with van der Waals surface area (Å²) in [4.78, 5) is 13.3. The summed E-state index contributed by atoms with van der Waals surface area (Å²) < 4.78 is 0. The van der Waals surface area contributed by atoms with Gasteiger partial charge >= 0.3 is 0 Å². The molecule has 4 nitrogen and oxygen atoms in total. The monoisotopic (exact) mass is 227 g/mol. The number of piperidine rings is 1. The molecule has 0 spiro atoms. The highest BCUT2D eigenvalue weighted by Gasteiger charge is 2.13. The Bertz CT molecular complexity index is 202. The maximum Gasteiger partial charge on any atom is 0.221 e. The van der Waals surface area contributed by atoms with Gasteiger partial charge < -0.3 is 15.5 Å². The molecule has 1 aliphatic heterocycles. The van der Waals surface area contributed by atoms with Crippen molar-refractivity contribution in [1.82, 2.24) is 15.5 Å². The Kier molecular flexibility index (Phi) is 6.42. The van der Waals surface area contributed by atoms with Gasteiger partial charge in [0.2, 0.25) is 5.91 Å². The van der Waals surface area contributed by atoms with Crippen molar-refractivity contribution in [3.8, 4) is 0 Å². The van der Waals surface area contributed by atoms with Gasteiger partial charge in [-0.15, -0.1) is 0 Å². The Morgan fingerprint density at radius 3 is 2.69 bits per heavy atom. The van der Waals surface area contributed by atoms with E-state index in [2.05, 4.69) is 22.6 Å². The van der Waals surface area contributed by atoms with Gasteiger partial charge in [-0.2, -0.15) is 0 Å². The van der Waals surface area contributed by atoms with Crippen molar-refractivity contribution >= 4 is 5.91 Å². The third kappa shape index (κ3) is 5.47. The fraction of sp³-hybridized carbons (Fsp3) is 0.917. The van der Waals surface area contributed by atoms with Crippen LogP contribution in [-0.2, 0) is 4.79 Å². The second-order valence-corrected chi connectivity index (χ2v) is 4.71. The highest BCUT2D eigenvalue weighted by atomic mass is 16.1. The number of carbonyl (C=O) groups excluding carboxylic acids is 1. The summed E-state index contributed by atoms with van der Waals surface area (Å²) in [5.41, 5.74) is 0. The van der Waals surface area contributed by atoms with Crippen molar-refractivity contribution in [2.24, 2.45) is 5.92 Å². The van der Waals surface area contributed by atoms with Gasteiger partial charge in [0.1, 0.15) is 0 Å². The molecule has 0 unspecified atom stereocenters. The van der Waals surface area contributed by atoms with Crippen molar-refractivity contribution in [3.05, 3.63) is 0 Å². The van der Waals surface area contributed by atoms with Crippen LogP contribution >= 0.6 is 0 Å². The number of hydrogen-bond donors (Lipinski definition) is 2. The van der Waals surface area contributed by atoms with Gasteiger partial charge in [0.05, 0.1) is 0 Å². The van der Waals surface area contributed by atoms with E-state index in [-0.39, 0.29) is 5.91 Å². The summed E-state index contributed by atoms with van der Waals surface area (Å²) in [7, 11) is 3.79. The average molecular weight is 227 g/mol. The van der Waals surface area contributed by atoms with Crippen LogP contribution in [0, 0.1) is 5.92 Å². The van der Waals surface area contributed by atoms with E-state index in [1.165, 1.54) is 32.4 Å². The van der Waals surface area contributed by atoms with Gasteiger partial charge in [0.15, 0.2) is 0 Å². The van der Waals surface area contributed by atoms with E-state index < -0.39 is 0 Å². The molecule has 0 radical (unpaired) electrons. The normalized spacial score (nSPS) is 17.7. The molecule has 1 amide bonds. The van der Waals surface area contributed by atoms with Gasteiger partial charge in [-0.25, -0.2) is 0 Å². The first-order valence-electron chi connectivity index (χ1n) is 6.32. The standard InChI is InChI=1S/C12H25N3O/c1-13-12(16)6-10-15(2)9-5-11-3-7-14-8-4-11/h11,14H,3-10H2,1-2H3,(H,13,16). The van der Waals surface area contributed by atoms with Crippen LogP contribution in [0.15, 0.2) is 0 Å². The summed E-state index contributed by atoms with van der Waals surface area (Å²) >= 11 is 0. The topological polar surface area (TPSA) is 44.4 Å². The van der Waals surface area contributed by atoms with Gasteiger partial charge in [0, 0.05) is 20.0 Å². The van der Waals surface area contributed by atoms with Gasteiger partial charge in [0.25, 0.3) is 0 Å². The summed E-state index contributed by atoms with van der Waals surface area (Å²) in [6.07, 6.45) is 4.50. The molecule has 1 heterocycles. The van der Waals surface area contributed by atoms with Crippen LogP contribution in [0.25, 0.3) is 0 Å². The second kappa shape index (κ2) is 7.63. The number of hydrogen-bond acceptors (Lipinski definition) is 3. The minimum Gasteiger partial charge on any atom is -0.359 e. The number of amides is 1. The number of nitrogens with zero attached hydrogens (tertiary/aromatic N) is 1. The molecule has 1 fully saturated rings. The van der Waals surface area contributed by atoms with E-state index in [4.69, 9.17) is 0 Å². The fourth-order valence-electron chi connectivity index (χ4n) is 2.10. The van der Waals surface area contributed by atoms with Crippen LogP contribution in [0.3, 0.4) is 0 Å². The van der Waals surface area contributed by atoms with Gasteiger partial charge in [-0.3, -0.25) is 4.79 Å². The van der Waals surface area contributed by atoms with Crippen molar-refractivity contribution < 1.29 is 4.79 Å². The molecule has 0 aromatic carbocycles. The van der Waals surface area contributed by atoms with E-state index in [1.807, 2.05) is 0 Å². The molecule has 0 atom stereocenters. The summed E-state index contributed by atoms with van der Waals surface area (Å²) in [6.45, 7) is 4.32. The average Bonchev–Trinajstić information content (AvgIpc) is 2.34. The molecule has 2 N–H and O–H groups in total. The molecule has 1 rings (SSSR count). The molecular weight excluding hydrogens is 202 g/mol. The Labute approximate surface area is 98.8 Å². The van der Waals surface area contributed by atoms with Crippen molar-refractivity contribution in [2.45, 2.75) is 25.7 Å². The molecular formula is C12H25N3O. The minimum atomic E-state index is 0.133. The van der Waals surface area contributed by atoms with Gasteiger partial charge in [-0.1, -0.05) is 0 Å². The molecule has 0 aromatic heterocycles. The van der Waals surface area contributed by atoms with Crippen LogP contribution < -0.4 is 10.6 Å². The first-order valence-corrected chi connectivity index (χ1v) is 6.32. The largest absolute Gasteiger partial charge is 0.359 e. The predicted octanol–water partition coefficient (Wildman–Crippen LogP) is 0.444. The van der Waals surface area contributed by atoms with E-state index in [9.17, 15) is 4.79 Å². The Balaban J connectivity index is 2.04. The molecule has 16 heavy (non-hydrogen) atoms. The van der Waals surface area contributed by atoms with Crippen molar-refractivity contribution in [1.29, 1.82) is 0 Å². The lowest BCUT2D eigenvalue weighted by atomic mass is 9.94. The zero-order valence-corrected chi connectivity index (χ0v) is 10.6. The molecule has 94 valence electrons. The molecule has 0 aromatic rings. The van der Waals surface area contributed by atoms with Crippen LogP contribution in [0.2, 0.25) is 0 Å². The summed E-state index contributed by atoms with van der Waals surface area (Å²) in [5, 5.41) is 6.04. The lowest BCUT2D eigenvalue weighted by Crippen LogP contribution is -2.31. The Hall–Kier alpha value is -0.610. The predicted molar refractivity (Wildman–Crippen MR) is 66.4 cm³/mol. The van der Waals surface area contributed by atoms with E-state index in [0.29, 0.717) is 6.42 Å². The zero-order valence-electron chi connectivity index (χ0n) is 10.6. The van der Waals surface area contributed by atoms with Crippen molar-refractivity contribution in [3.63, 3.8) is 0 Å². The highest BCUT2D eigenvalue weighted by molar-refractivity contribution is 5.75. The molecule has 0 bridgehead atoms. The van der Waals surface area contributed by atoms with E-state index >= 15 is 0 Å². The van der Waals surface area contributed by atoms with Crippen LogP contribution in [0.5, 0.6) is 0 Å². The first-order chi connectivity index (χ1) is 7.72. The maximum absolute atomic E-state index is 11.1. The smallest absolute Gasteiger partial charge is 0.221 e. The zero-order chi connectivity index (χ0) is 11.8. The Morgan fingerprint density at radius 1 is 1.38 bits per heavy atom. The van der Waals surface area contributed by atoms with Crippen molar-refractivity contribution in [2.75, 3.05) is 40.3 Å². The second-order valence-electron chi connectivity index (χ2n) is 4.71. The first kappa shape index (κ1) is 13.5. The number of carbonyl (C=O) groups is 1. The van der Waals surface area contributed by atoms with Crippen LogP contribution in [0.4, 0.5) is 0 Å². The lowest BCUT2D eigenvalue weighted by Gasteiger charge is -2.25. The fourth-order valence-corrected chi connectivity index (χ4v) is 2.10. The molecule has 4 heteroatoms. The van der Waals surface area contributed by atoms with Crippen LogP contribution in [-0.4, -0.2) is 51.1 Å². The number of nitrogens with one attached hydrogen (secondary N) is 2. The van der Waals surface area contributed by atoms with E-state index in [0.717, 1.165) is 19.0 Å². The molecule has 1 saturated heterocycles. The summed E-state index contributed by atoms with van der Waals surface area (Å²) in [6, 6.07) is 0. The lowest BCUT2D eigenvalue weighted by molar-refractivity contribution is -0.120. The third-order valence-corrected chi connectivity index (χ3v) is 3.38. The Morgan fingerprint density at radius 2 is 2.06 bits per heavy atom. The maximum atomic E-state index is 11.1.